The Morgan fingerprint density at radius 2 is 2.12 bits per heavy atom. The fourth-order valence-electron chi connectivity index (χ4n) is 2.39. The van der Waals surface area contributed by atoms with Gasteiger partial charge in [-0.1, -0.05) is 11.2 Å². The topological polar surface area (TPSA) is 90.7 Å². The third-order valence-electron chi connectivity index (χ3n) is 4.23. The molecule has 0 bridgehead atoms. The largest absolute Gasteiger partial charge is 0.489 e. The van der Waals surface area contributed by atoms with Gasteiger partial charge >= 0.3 is 5.97 Å². The highest BCUT2D eigenvalue weighted by atomic mass is 16.5. The number of nitrogens with zero attached hydrogens (tertiary/aromatic N) is 1. The first kappa shape index (κ1) is 18.0. The highest BCUT2D eigenvalue weighted by Gasteiger charge is 2.23. The van der Waals surface area contributed by atoms with Crippen LogP contribution >= 0.6 is 0 Å². The number of ether oxygens (including phenoxy) is 2. The lowest BCUT2D eigenvalue weighted by atomic mass is 10.2. The predicted molar refractivity (Wildman–Crippen MR) is 92.8 cm³/mol. The molecule has 0 radical (unpaired) electrons. The van der Waals surface area contributed by atoms with Gasteiger partial charge in [-0.3, -0.25) is 9.59 Å². The molecular formula is C19H22N2O5. The minimum Gasteiger partial charge on any atom is -0.489 e. The van der Waals surface area contributed by atoms with Gasteiger partial charge in [-0.05, 0) is 50.8 Å². The average molecular weight is 358 g/mol. The third kappa shape index (κ3) is 4.84. The highest BCUT2D eigenvalue weighted by Crippen LogP contribution is 2.28. The van der Waals surface area contributed by atoms with E-state index in [-0.39, 0.29) is 12.5 Å². The Hall–Kier alpha value is -2.83. The van der Waals surface area contributed by atoms with Crippen LogP contribution in [-0.4, -0.2) is 30.2 Å². The van der Waals surface area contributed by atoms with Gasteiger partial charge in [0.2, 0.25) is 0 Å². The van der Waals surface area contributed by atoms with E-state index in [1.807, 2.05) is 13.8 Å². The van der Waals surface area contributed by atoms with E-state index in [1.165, 1.54) is 0 Å². The van der Waals surface area contributed by atoms with Crippen molar-refractivity contribution in [1.82, 2.24) is 10.5 Å². The van der Waals surface area contributed by atoms with Gasteiger partial charge in [-0.2, -0.15) is 0 Å². The van der Waals surface area contributed by atoms with Crippen LogP contribution in [0.15, 0.2) is 28.8 Å². The number of nitrogens with one attached hydrogen (secondary N) is 1. The maximum atomic E-state index is 12.2. The molecule has 0 spiro atoms. The molecule has 0 unspecified atom stereocenters. The number of carbonyl (C=O) groups is 2. The van der Waals surface area contributed by atoms with Gasteiger partial charge in [0.15, 0.2) is 0 Å². The minimum atomic E-state index is -0.420. The van der Waals surface area contributed by atoms with Gasteiger partial charge in [0, 0.05) is 5.56 Å². The van der Waals surface area contributed by atoms with Gasteiger partial charge < -0.3 is 19.3 Å². The van der Waals surface area contributed by atoms with Crippen LogP contribution in [0.3, 0.4) is 0 Å². The molecule has 1 fully saturated rings. The van der Waals surface area contributed by atoms with Crippen LogP contribution in [0.2, 0.25) is 0 Å². The zero-order valence-corrected chi connectivity index (χ0v) is 14.9. The molecule has 1 aliphatic rings. The summed E-state index contributed by atoms with van der Waals surface area (Å²) in [6, 6.07) is 6.78. The second kappa shape index (κ2) is 8.03. The molecule has 1 aromatic carbocycles. The number of aryl methyl sites for hydroxylation is 2. The van der Waals surface area contributed by atoms with E-state index in [9.17, 15) is 9.59 Å². The number of esters is 1. The minimum absolute atomic E-state index is 0.143. The number of aromatic nitrogens is 1. The molecule has 3 rings (SSSR count). The summed E-state index contributed by atoms with van der Waals surface area (Å²) in [6.07, 6.45) is 2.22. The highest BCUT2D eigenvalue weighted by molar-refractivity contribution is 5.96. The Kier molecular flexibility index (Phi) is 5.55. The van der Waals surface area contributed by atoms with Crippen LogP contribution in [0.5, 0.6) is 5.75 Å². The van der Waals surface area contributed by atoms with Crippen molar-refractivity contribution in [1.29, 1.82) is 0 Å². The van der Waals surface area contributed by atoms with Crippen LogP contribution < -0.4 is 10.1 Å². The van der Waals surface area contributed by atoms with E-state index >= 15 is 0 Å². The average Bonchev–Trinajstić information content (AvgIpc) is 3.42. The fourth-order valence-corrected chi connectivity index (χ4v) is 2.39. The normalized spacial score (nSPS) is 13.3. The molecular weight excluding hydrogens is 336 g/mol. The molecule has 0 atom stereocenters. The molecule has 26 heavy (non-hydrogen) atoms. The Balaban J connectivity index is 1.50. The van der Waals surface area contributed by atoms with Gasteiger partial charge in [0.05, 0.1) is 17.9 Å². The molecule has 1 aliphatic carbocycles. The number of benzene rings is 1. The van der Waals surface area contributed by atoms with Crippen molar-refractivity contribution in [3.63, 3.8) is 0 Å². The lowest BCUT2D eigenvalue weighted by Gasteiger charge is -2.09. The van der Waals surface area contributed by atoms with Crippen LogP contribution in [0.4, 0.5) is 0 Å². The molecule has 0 saturated heterocycles. The van der Waals surface area contributed by atoms with E-state index in [0.717, 1.165) is 24.1 Å². The summed E-state index contributed by atoms with van der Waals surface area (Å²) in [7, 11) is 0. The van der Waals surface area contributed by atoms with Crippen LogP contribution in [0.1, 0.15) is 40.2 Å². The number of hydrogen-bond acceptors (Lipinski definition) is 6. The van der Waals surface area contributed by atoms with Crippen molar-refractivity contribution in [2.45, 2.75) is 33.3 Å². The third-order valence-corrected chi connectivity index (χ3v) is 4.23. The fraction of sp³-hybridized carbons (Fsp3) is 0.421. The lowest BCUT2D eigenvalue weighted by Crippen LogP contribution is -2.30. The molecule has 7 heteroatoms. The molecule has 7 nitrogen and oxygen atoms in total. The van der Waals surface area contributed by atoms with Crippen molar-refractivity contribution in [2.75, 3.05) is 13.2 Å². The smallest absolute Gasteiger partial charge is 0.325 e. The molecule has 1 saturated carbocycles. The molecule has 1 aromatic heterocycles. The Bertz CT molecular complexity index is 775. The zero-order valence-electron chi connectivity index (χ0n) is 14.9. The maximum Gasteiger partial charge on any atom is 0.325 e. The van der Waals surface area contributed by atoms with Gasteiger partial charge in [0.25, 0.3) is 5.91 Å². The maximum absolute atomic E-state index is 12.2. The first-order valence-corrected chi connectivity index (χ1v) is 8.61. The summed E-state index contributed by atoms with van der Waals surface area (Å²) in [5.74, 6) is 0.989. The first-order chi connectivity index (χ1) is 12.5. The Labute approximate surface area is 151 Å². The van der Waals surface area contributed by atoms with Crippen molar-refractivity contribution >= 4 is 11.9 Å². The molecule has 1 amide bonds. The van der Waals surface area contributed by atoms with E-state index in [0.29, 0.717) is 36.2 Å². The summed E-state index contributed by atoms with van der Waals surface area (Å²) in [4.78, 5) is 23.8. The molecule has 1 N–H and O–H groups in total. The number of amides is 1. The quantitative estimate of drug-likeness (QED) is 0.729. The van der Waals surface area contributed by atoms with Crippen molar-refractivity contribution in [2.24, 2.45) is 5.92 Å². The van der Waals surface area contributed by atoms with Crippen molar-refractivity contribution < 1.29 is 23.6 Å². The molecule has 138 valence electrons. The van der Waals surface area contributed by atoms with Gasteiger partial charge in [-0.25, -0.2) is 0 Å². The van der Waals surface area contributed by atoms with Crippen LogP contribution in [-0.2, 0) is 16.1 Å². The summed E-state index contributed by atoms with van der Waals surface area (Å²) >= 11 is 0. The van der Waals surface area contributed by atoms with E-state index in [2.05, 4.69) is 10.5 Å². The predicted octanol–water partition coefficient (Wildman–Crippen LogP) is 2.55. The summed E-state index contributed by atoms with van der Waals surface area (Å²) in [5.41, 5.74) is 2.08. The first-order valence-electron chi connectivity index (χ1n) is 8.61. The second-order valence-electron chi connectivity index (χ2n) is 6.43. The van der Waals surface area contributed by atoms with Gasteiger partial charge in [0.1, 0.15) is 24.7 Å². The Morgan fingerprint density at radius 1 is 1.31 bits per heavy atom. The summed E-state index contributed by atoms with van der Waals surface area (Å²) in [6.45, 7) is 4.28. The van der Waals surface area contributed by atoms with Crippen molar-refractivity contribution in [3.8, 4) is 5.75 Å². The van der Waals surface area contributed by atoms with E-state index in [4.69, 9.17) is 14.0 Å². The zero-order chi connectivity index (χ0) is 18.5. The SMILES string of the molecule is Cc1noc(C)c1COc1cccc(C(=O)NCC(=O)OCC2CC2)c1. The van der Waals surface area contributed by atoms with Crippen molar-refractivity contribution in [3.05, 3.63) is 46.8 Å². The molecule has 1 heterocycles. The van der Waals surface area contributed by atoms with Gasteiger partial charge in [-0.15, -0.1) is 0 Å². The number of hydrogen-bond donors (Lipinski definition) is 1. The Morgan fingerprint density at radius 3 is 2.81 bits per heavy atom. The summed E-state index contributed by atoms with van der Waals surface area (Å²) in [5, 5.41) is 6.45. The number of carbonyl (C=O) groups excluding carboxylic acids is 2. The van der Waals surface area contributed by atoms with Crippen LogP contribution in [0, 0.1) is 19.8 Å². The monoisotopic (exact) mass is 358 g/mol. The van der Waals surface area contributed by atoms with Crippen LogP contribution in [0.25, 0.3) is 0 Å². The standard InChI is InChI=1S/C19H22N2O5/c1-12-17(13(2)26-21-12)11-24-16-5-3-4-15(8-16)19(23)20-9-18(22)25-10-14-6-7-14/h3-5,8,14H,6-7,9-11H2,1-2H3,(H,20,23). The lowest BCUT2D eigenvalue weighted by molar-refractivity contribution is -0.142. The van der Waals surface area contributed by atoms with E-state index in [1.54, 1.807) is 24.3 Å². The molecule has 0 aliphatic heterocycles. The summed E-state index contributed by atoms with van der Waals surface area (Å²) < 4.78 is 15.9. The molecule has 2 aromatic rings. The number of rotatable bonds is 8. The van der Waals surface area contributed by atoms with E-state index < -0.39 is 5.97 Å². The second-order valence-corrected chi connectivity index (χ2v) is 6.43.